The van der Waals surface area contributed by atoms with Gasteiger partial charge in [0.05, 0.1) is 5.76 Å². The molecule has 5 heteroatoms. The van der Waals surface area contributed by atoms with Crippen LogP contribution >= 0.6 is 0 Å². The summed E-state index contributed by atoms with van der Waals surface area (Å²) in [6, 6.07) is 16.8. The Labute approximate surface area is 271 Å². The van der Waals surface area contributed by atoms with Crippen LogP contribution < -0.4 is 0 Å². The van der Waals surface area contributed by atoms with Crippen molar-refractivity contribution in [3.63, 3.8) is 0 Å². The van der Waals surface area contributed by atoms with Crippen molar-refractivity contribution in [3.05, 3.63) is 83.4 Å². The molecule has 0 fully saturated rings. The quantitative estimate of drug-likeness (QED) is 0.116. The number of hydrogen-bond acceptors (Lipinski definition) is 4. The molecule has 1 aliphatic rings. The molecule has 231 valence electrons. The molecule has 2 aromatic carbocycles. The normalized spacial score (nSPS) is 13.9. The summed E-state index contributed by atoms with van der Waals surface area (Å²) in [4.78, 5) is 21.1. The first-order valence-corrected chi connectivity index (χ1v) is 15.6. The third-order valence-electron chi connectivity index (χ3n) is 9.04. The topological polar surface area (TPSA) is 63.1 Å². The fraction of sp³-hybridized carbons (Fsp3) is 0.447. The average molecular weight is 756 g/mol. The number of carbonyl (C=O) groups is 1. The molecule has 1 N–H and O–H groups in total. The molecule has 43 heavy (non-hydrogen) atoms. The molecule has 4 aromatic rings. The number of aromatic nitrogens is 2. The molecule has 0 unspecified atom stereocenters. The number of pyridine rings is 2. The predicted octanol–water partition coefficient (Wildman–Crippen LogP) is 10.1. The maximum atomic E-state index is 11.7. The molecule has 0 saturated carbocycles. The van der Waals surface area contributed by atoms with Crippen LogP contribution in [0.25, 0.3) is 32.9 Å². The summed E-state index contributed by atoms with van der Waals surface area (Å²) >= 11 is 0. The van der Waals surface area contributed by atoms with Gasteiger partial charge >= 0.3 is 0 Å². The van der Waals surface area contributed by atoms with E-state index in [0.29, 0.717) is 0 Å². The van der Waals surface area contributed by atoms with Crippen LogP contribution in [0.15, 0.2) is 60.6 Å². The summed E-state index contributed by atoms with van der Waals surface area (Å²) in [5, 5.41) is 13.3. The monoisotopic (exact) mass is 756 g/mol. The first-order chi connectivity index (χ1) is 19.9. The van der Waals surface area contributed by atoms with Gasteiger partial charge in [0, 0.05) is 56.1 Å². The molecule has 0 atom stereocenters. The van der Waals surface area contributed by atoms with Gasteiger partial charge in [-0.1, -0.05) is 103 Å². The van der Waals surface area contributed by atoms with Crippen LogP contribution in [0.4, 0.5) is 0 Å². The minimum atomic E-state index is -0.132. The summed E-state index contributed by atoms with van der Waals surface area (Å²) in [5.41, 5.74) is 7.09. The van der Waals surface area contributed by atoms with Crippen molar-refractivity contribution in [2.45, 2.75) is 98.8 Å². The Bertz CT molecular complexity index is 1620. The number of carbonyl (C=O) groups excluding carboxylic acids is 1. The molecule has 0 spiro atoms. The van der Waals surface area contributed by atoms with Gasteiger partial charge in [0.1, 0.15) is 0 Å². The van der Waals surface area contributed by atoms with Crippen LogP contribution in [0.2, 0.25) is 0 Å². The van der Waals surface area contributed by atoms with E-state index >= 15 is 0 Å². The Kier molecular flexibility index (Phi) is 11.1. The van der Waals surface area contributed by atoms with Gasteiger partial charge < -0.3 is 5.11 Å². The van der Waals surface area contributed by atoms with Crippen molar-refractivity contribution < 1.29 is 30.0 Å². The number of rotatable bonds is 7. The maximum absolute atomic E-state index is 11.7. The smallest absolute Gasteiger partial charge is 0.162 e. The van der Waals surface area contributed by atoms with E-state index in [0.717, 1.165) is 47.8 Å². The maximum Gasteiger partial charge on any atom is 0.162 e. The molecule has 2 heterocycles. The van der Waals surface area contributed by atoms with E-state index in [4.69, 9.17) is 4.98 Å². The zero-order valence-electron chi connectivity index (χ0n) is 27.3. The summed E-state index contributed by atoms with van der Waals surface area (Å²) in [5.74, 6) is 0.547. The molecule has 0 amide bonds. The molecule has 2 aromatic heterocycles. The summed E-state index contributed by atoms with van der Waals surface area (Å²) in [6.45, 7) is 19.5. The third kappa shape index (κ3) is 6.94. The van der Waals surface area contributed by atoms with Crippen molar-refractivity contribution >= 4 is 27.5 Å². The number of allylic oxidation sites excluding steroid dienone is 2. The van der Waals surface area contributed by atoms with E-state index in [2.05, 4.69) is 76.0 Å². The van der Waals surface area contributed by atoms with Crippen LogP contribution in [0, 0.1) is 17.9 Å². The van der Waals surface area contributed by atoms with Crippen LogP contribution in [0.1, 0.15) is 105 Å². The number of nitrogens with zero attached hydrogens (tertiary/aromatic N) is 2. The Morgan fingerprint density at radius 1 is 0.930 bits per heavy atom. The second kappa shape index (κ2) is 13.8. The molecule has 4 nitrogen and oxygen atoms in total. The first-order valence-electron chi connectivity index (χ1n) is 15.6. The SMILES string of the molecule is CC(C)(C)c1cc2c3c(nccc3c1)-c1[c-]c3cccnc3cc1C2(C)C.CCC(CC)C(=O)/C=C(\O)C(CC)CC.[Ir]. The Balaban J connectivity index is 0.000000274. The van der Waals surface area contributed by atoms with Gasteiger partial charge in [0.25, 0.3) is 0 Å². The summed E-state index contributed by atoms with van der Waals surface area (Å²) in [6.07, 6.45) is 8.68. The van der Waals surface area contributed by atoms with Crippen molar-refractivity contribution in [1.82, 2.24) is 9.97 Å². The standard InChI is InChI=1S/C25H23N2.C13H24O2.Ir/c1-24(2,3)17-11-16-8-10-27-23-18-12-15-7-6-9-26-21(15)14-19(18)25(4,5)20(13-17)22(16)23;1-5-10(6-2)12(14)9-13(15)11(7-3)8-4;/h6-11,13-14H,1-5H3;9-11,14H,5-8H2,1-4H3;/q-1;;/b;12-9-;. The molecule has 5 rings (SSSR count). The Morgan fingerprint density at radius 3 is 2.19 bits per heavy atom. The molecular weight excluding hydrogens is 709 g/mol. The van der Waals surface area contributed by atoms with E-state index in [-0.39, 0.29) is 54.3 Å². The number of hydrogen-bond donors (Lipinski definition) is 1. The summed E-state index contributed by atoms with van der Waals surface area (Å²) in [7, 11) is 0. The van der Waals surface area contributed by atoms with Gasteiger partial charge in [-0.15, -0.1) is 12.1 Å². The van der Waals surface area contributed by atoms with Gasteiger partial charge in [0.15, 0.2) is 5.78 Å². The van der Waals surface area contributed by atoms with Crippen molar-refractivity contribution in [3.8, 4) is 11.3 Å². The van der Waals surface area contributed by atoms with Gasteiger partial charge in [-0.2, -0.15) is 0 Å². The largest absolute Gasteiger partial charge is 0.512 e. The molecule has 0 aliphatic heterocycles. The average Bonchev–Trinajstić information content (AvgIpc) is 2.96. The van der Waals surface area contributed by atoms with Crippen molar-refractivity contribution in [2.75, 3.05) is 0 Å². The fourth-order valence-corrected chi connectivity index (χ4v) is 6.09. The van der Waals surface area contributed by atoms with Crippen LogP contribution in [-0.4, -0.2) is 20.9 Å². The van der Waals surface area contributed by atoms with Crippen LogP contribution in [-0.2, 0) is 35.7 Å². The molecule has 1 aliphatic carbocycles. The van der Waals surface area contributed by atoms with Gasteiger partial charge in [-0.25, -0.2) is 0 Å². The molecular formula is C38H47IrN2O2-. The van der Waals surface area contributed by atoms with E-state index in [1.165, 1.54) is 33.5 Å². The molecule has 1 radical (unpaired) electrons. The van der Waals surface area contributed by atoms with E-state index in [1.807, 2.05) is 46.2 Å². The second-order valence-corrected chi connectivity index (χ2v) is 13.1. The van der Waals surface area contributed by atoms with Gasteiger partial charge in [-0.05, 0) is 70.0 Å². The Hall–Kier alpha value is -2.88. The minimum Gasteiger partial charge on any atom is -0.512 e. The molecule has 0 bridgehead atoms. The van der Waals surface area contributed by atoms with Gasteiger partial charge in [-0.3, -0.25) is 14.8 Å². The first kappa shape index (κ1) is 34.6. The molecule has 0 saturated heterocycles. The number of aliphatic hydroxyl groups is 1. The van der Waals surface area contributed by atoms with E-state index in [1.54, 1.807) is 0 Å². The number of fused-ring (bicyclic) bond motifs is 3. The number of ketones is 1. The Morgan fingerprint density at radius 2 is 1.58 bits per heavy atom. The summed E-state index contributed by atoms with van der Waals surface area (Å²) < 4.78 is 0. The van der Waals surface area contributed by atoms with Crippen molar-refractivity contribution in [1.29, 1.82) is 0 Å². The minimum absolute atomic E-state index is 0. The zero-order chi connectivity index (χ0) is 30.8. The van der Waals surface area contributed by atoms with E-state index < -0.39 is 0 Å². The predicted molar refractivity (Wildman–Crippen MR) is 176 cm³/mol. The van der Waals surface area contributed by atoms with Gasteiger partial charge in [0.2, 0.25) is 0 Å². The van der Waals surface area contributed by atoms with E-state index in [9.17, 15) is 9.90 Å². The second-order valence-electron chi connectivity index (χ2n) is 13.1. The zero-order valence-corrected chi connectivity index (χ0v) is 29.7. The fourth-order valence-electron chi connectivity index (χ4n) is 6.09. The number of benzene rings is 2. The number of aliphatic hydroxyl groups excluding tert-OH is 1. The van der Waals surface area contributed by atoms with Crippen LogP contribution in [0.5, 0.6) is 0 Å². The van der Waals surface area contributed by atoms with Crippen LogP contribution in [0.3, 0.4) is 0 Å². The van der Waals surface area contributed by atoms with Crippen molar-refractivity contribution in [2.24, 2.45) is 11.8 Å². The third-order valence-corrected chi connectivity index (χ3v) is 9.04.